The Hall–Kier alpha value is -3.48. The number of hydrogen-bond donors (Lipinski definition) is 2. The van der Waals surface area contributed by atoms with Gasteiger partial charge < -0.3 is 11.1 Å². The molecule has 0 saturated heterocycles. The van der Waals surface area contributed by atoms with Crippen LogP contribution in [0.5, 0.6) is 0 Å². The lowest BCUT2D eigenvalue weighted by Crippen LogP contribution is -2.16. The molecule has 26 heavy (non-hydrogen) atoms. The third kappa shape index (κ3) is 4.13. The minimum Gasteiger partial charge on any atom is -0.366 e. The van der Waals surface area contributed by atoms with Gasteiger partial charge in [0, 0.05) is 24.2 Å². The number of aromatic nitrogens is 3. The van der Waals surface area contributed by atoms with Crippen molar-refractivity contribution < 1.29 is 9.59 Å². The molecule has 2 heterocycles. The van der Waals surface area contributed by atoms with Crippen LogP contribution in [0, 0.1) is 6.92 Å². The van der Waals surface area contributed by atoms with Gasteiger partial charge in [-0.1, -0.05) is 18.2 Å². The highest BCUT2D eigenvalue weighted by atomic mass is 16.2. The molecule has 1 aromatic carbocycles. The first-order valence-corrected chi connectivity index (χ1v) is 8.19. The van der Waals surface area contributed by atoms with Crippen LogP contribution in [0.1, 0.15) is 28.0 Å². The highest BCUT2D eigenvalue weighted by molar-refractivity contribution is 5.93. The van der Waals surface area contributed by atoms with Gasteiger partial charge >= 0.3 is 0 Å². The van der Waals surface area contributed by atoms with E-state index in [1.54, 1.807) is 41.2 Å². The van der Waals surface area contributed by atoms with Gasteiger partial charge in [0.05, 0.1) is 5.69 Å². The number of nitrogens with zero attached hydrogens (tertiary/aromatic N) is 3. The van der Waals surface area contributed by atoms with Crippen molar-refractivity contribution in [2.75, 3.05) is 5.32 Å². The predicted octanol–water partition coefficient (Wildman–Crippen LogP) is 2.25. The second-order valence-corrected chi connectivity index (χ2v) is 5.88. The molecule has 0 radical (unpaired) electrons. The number of rotatable bonds is 6. The number of anilines is 1. The lowest BCUT2D eigenvalue weighted by molar-refractivity contribution is -0.116. The van der Waals surface area contributed by atoms with Crippen molar-refractivity contribution in [1.29, 1.82) is 0 Å². The fourth-order valence-corrected chi connectivity index (χ4v) is 2.54. The number of pyridine rings is 1. The highest BCUT2D eigenvalue weighted by Gasteiger charge is 2.12. The molecule has 0 fully saturated rings. The van der Waals surface area contributed by atoms with E-state index < -0.39 is 5.91 Å². The average Bonchev–Trinajstić information content (AvgIpc) is 3.01. The summed E-state index contributed by atoms with van der Waals surface area (Å²) in [6.45, 7) is 1.86. The number of hydrogen-bond acceptors (Lipinski definition) is 4. The molecule has 132 valence electrons. The van der Waals surface area contributed by atoms with Gasteiger partial charge in [0.15, 0.2) is 5.82 Å². The Morgan fingerprint density at radius 2 is 1.92 bits per heavy atom. The first kappa shape index (κ1) is 17.3. The van der Waals surface area contributed by atoms with Crippen LogP contribution < -0.4 is 11.1 Å². The molecule has 7 nitrogen and oxygen atoms in total. The zero-order valence-electron chi connectivity index (χ0n) is 14.3. The summed E-state index contributed by atoms with van der Waals surface area (Å²) in [5.74, 6) is 0.627. The van der Waals surface area contributed by atoms with E-state index in [4.69, 9.17) is 5.73 Å². The monoisotopic (exact) mass is 349 g/mol. The van der Waals surface area contributed by atoms with Crippen molar-refractivity contribution in [3.8, 4) is 5.82 Å². The Morgan fingerprint density at radius 1 is 1.15 bits per heavy atom. The van der Waals surface area contributed by atoms with Crippen LogP contribution in [0.15, 0.2) is 54.7 Å². The summed E-state index contributed by atoms with van der Waals surface area (Å²) in [4.78, 5) is 27.6. The zero-order chi connectivity index (χ0) is 18.5. The Morgan fingerprint density at radius 3 is 2.58 bits per heavy atom. The zero-order valence-corrected chi connectivity index (χ0v) is 14.3. The number of carbonyl (C=O) groups is 2. The van der Waals surface area contributed by atoms with Gasteiger partial charge in [-0.3, -0.25) is 9.59 Å². The van der Waals surface area contributed by atoms with Crippen LogP contribution in [-0.2, 0) is 11.2 Å². The molecule has 2 amide bonds. The largest absolute Gasteiger partial charge is 0.366 e. The fourth-order valence-electron chi connectivity index (χ4n) is 2.54. The Labute approximate surface area is 150 Å². The molecule has 7 heteroatoms. The van der Waals surface area contributed by atoms with Crippen LogP contribution in [0.3, 0.4) is 0 Å². The molecule has 3 N–H and O–H groups in total. The summed E-state index contributed by atoms with van der Waals surface area (Å²) < 4.78 is 1.61. The number of benzene rings is 1. The topological polar surface area (TPSA) is 103 Å². The smallest absolute Gasteiger partial charge is 0.248 e. The molecule has 2 aromatic heterocycles. The van der Waals surface area contributed by atoms with Crippen molar-refractivity contribution in [3.63, 3.8) is 0 Å². The second-order valence-electron chi connectivity index (χ2n) is 5.88. The van der Waals surface area contributed by atoms with E-state index in [-0.39, 0.29) is 5.91 Å². The van der Waals surface area contributed by atoms with Crippen LogP contribution in [0.25, 0.3) is 5.82 Å². The molecular formula is C19H19N5O2. The van der Waals surface area contributed by atoms with E-state index in [0.29, 0.717) is 30.0 Å². The maximum absolute atomic E-state index is 12.3. The van der Waals surface area contributed by atoms with Crippen molar-refractivity contribution in [2.24, 2.45) is 5.73 Å². The maximum atomic E-state index is 12.3. The molecule has 0 saturated carbocycles. The second kappa shape index (κ2) is 7.60. The number of amides is 2. The summed E-state index contributed by atoms with van der Waals surface area (Å²) in [5.41, 5.74) is 7.41. The molecule has 0 aliphatic heterocycles. The van der Waals surface area contributed by atoms with E-state index >= 15 is 0 Å². The molecule has 0 spiro atoms. The SMILES string of the molecule is Cc1cc(NC(=O)CCc2ccc(C(N)=O)cc2)n(-c2ccccn2)n1. The minimum atomic E-state index is -0.465. The molecular weight excluding hydrogens is 330 g/mol. The predicted molar refractivity (Wildman–Crippen MR) is 98.0 cm³/mol. The molecule has 0 bridgehead atoms. The summed E-state index contributed by atoms with van der Waals surface area (Å²) in [7, 11) is 0. The van der Waals surface area contributed by atoms with Crippen molar-refractivity contribution in [3.05, 3.63) is 71.5 Å². The Bertz CT molecular complexity index is 917. The number of aryl methyl sites for hydroxylation is 2. The standard InChI is InChI=1S/C19H19N5O2/c1-13-12-17(24(23-13)16-4-2-3-11-21-16)22-18(25)10-7-14-5-8-15(9-6-14)19(20)26/h2-6,8-9,11-12H,7,10H2,1H3,(H2,20,26)(H,22,25). The van der Waals surface area contributed by atoms with Gasteiger partial charge in [-0.25, -0.2) is 4.98 Å². The molecule has 3 rings (SSSR count). The summed E-state index contributed by atoms with van der Waals surface area (Å²) in [6.07, 6.45) is 2.54. The number of primary amides is 1. The Kier molecular flexibility index (Phi) is 5.07. The quantitative estimate of drug-likeness (QED) is 0.712. The van der Waals surface area contributed by atoms with Gasteiger partial charge in [0.1, 0.15) is 5.82 Å². The van der Waals surface area contributed by atoms with Crippen LogP contribution in [0.4, 0.5) is 5.82 Å². The third-order valence-corrected chi connectivity index (χ3v) is 3.84. The number of nitrogens with one attached hydrogen (secondary N) is 1. The average molecular weight is 349 g/mol. The highest BCUT2D eigenvalue weighted by Crippen LogP contribution is 2.16. The maximum Gasteiger partial charge on any atom is 0.248 e. The van der Waals surface area contributed by atoms with Gasteiger partial charge in [0.2, 0.25) is 11.8 Å². The lowest BCUT2D eigenvalue weighted by atomic mass is 10.1. The summed E-state index contributed by atoms with van der Waals surface area (Å²) >= 11 is 0. The van der Waals surface area contributed by atoms with Gasteiger partial charge in [0.25, 0.3) is 0 Å². The van der Waals surface area contributed by atoms with Crippen LogP contribution in [-0.4, -0.2) is 26.6 Å². The molecule has 0 atom stereocenters. The van der Waals surface area contributed by atoms with E-state index in [1.807, 2.05) is 25.1 Å². The fraction of sp³-hybridized carbons (Fsp3) is 0.158. The van der Waals surface area contributed by atoms with Crippen molar-refractivity contribution >= 4 is 17.6 Å². The van der Waals surface area contributed by atoms with Gasteiger partial charge in [-0.15, -0.1) is 0 Å². The minimum absolute atomic E-state index is 0.124. The summed E-state index contributed by atoms with van der Waals surface area (Å²) in [5, 5.41) is 7.25. The van der Waals surface area contributed by atoms with Crippen molar-refractivity contribution in [2.45, 2.75) is 19.8 Å². The first-order valence-electron chi connectivity index (χ1n) is 8.19. The third-order valence-electron chi connectivity index (χ3n) is 3.84. The molecule has 0 aliphatic carbocycles. The number of nitrogens with two attached hydrogens (primary N) is 1. The first-order chi connectivity index (χ1) is 12.5. The number of carbonyl (C=O) groups excluding carboxylic acids is 2. The van der Waals surface area contributed by atoms with Crippen LogP contribution >= 0.6 is 0 Å². The molecule has 0 unspecified atom stereocenters. The molecule has 0 aliphatic rings. The normalized spacial score (nSPS) is 10.5. The van der Waals surface area contributed by atoms with E-state index in [0.717, 1.165) is 11.3 Å². The van der Waals surface area contributed by atoms with E-state index in [9.17, 15) is 9.59 Å². The van der Waals surface area contributed by atoms with Crippen LogP contribution in [0.2, 0.25) is 0 Å². The summed E-state index contributed by atoms with van der Waals surface area (Å²) in [6, 6.07) is 14.2. The Balaban J connectivity index is 1.64. The lowest BCUT2D eigenvalue weighted by Gasteiger charge is -2.08. The van der Waals surface area contributed by atoms with Crippen molar-refractivity contribution in [1.82, 2.24) is 14.8 Å². The van der Waals surface area contributed by atoms with Gasteiger partial charge in [-0.05, 0) is 43.2 Å². The van der Waals surface area contributed by atoms with E-state index in [2.05, 4.69) is 15.4 Å². The molecule has 3 aromatic rings. The van der Waals surface area contributed by atoms with Gasteiger partial charge in [-0.2, -0.15) is 9.78 Å². The van der Waals surface area contributed by atoms with E-state index in [1.165, 1.54) is 0 Å².